The minimum Gasteiger partial charge on any atom is -0.481 e. The highest BCUT2D eigenvalue weighted by Gasteiger charge is 2.13. The van der Waals surface area contributed by atoms with Crippen molar-refractivity contribution in [3.05, 3.63) is 42.1 Å². The smallest absolute Gasteiger partial charge is 0.212 e. The van der Waals surface area contributed by atoms with E-state index in [0.29, 0.717) is 5.88 Å². The van der Waals surface area contributed by atoms with E-state index in [1.54, 1.807) is 7.11 Å². The summed E-state index contributed by atoms with van der Waals surface area (Å²) in [5.41, 5.74) is 3.99. The van der Waals surface area contributed by atoms with E-state index in [-0.39, 0.29) is 6.04 Å². The first-order valence-electron chi connectivity index (χ1n) is 7.21. The lowest BCUT2D eigenvalue weighted by Gasteiger charge is -2.16. The Bertz CT molecular complexity index is 537. The number of hydrogen-bond donors (Lipinski definition) is 2. The number of nitrogens with zero attached hydrogens (tertiary/aromatic N) is 3. The quantitative estimate of drug-likeness (QED) is 0.566. The maximum Gasteiger partial charge on any atom is 0.212 e. The van der Waals surface area contributed by atoms with Gasteiger partial charge in [-0.05, 0) is 18.4 Å². The standard InChI is InChI=1S/C15H23N5O/c1-3-7-20-8-6-17-14(20)10-13(19-16)9-12-4-5-15(21-2)18-11-12/h4-6,8,11,13,19H,3,7,9-10,16H2,1-2H3. The zero-order valence-corrected chi connectivity index (χ0v) is 12.6. The first-order chi connectivity index (χ1) is 10.3. The Labute approximate surface area is 125 Å². The van der Waals surface area contributed by atoms with Gasteiger partial charge in [0.2, 0.25) is 5.88 Å². The number of nitrogens with two attached hydrogens (primary N) is 1. The van der Waals surface area contributed by atoms with Gasteiger partial charge in [-0.25, -0.2) is 9.97 Å². The van der Waals surface area contributed by atoms with Crippen molar-refractivity contribution in [2.75, 3.05) is 7.11 Å². The molecule has 0 aliphatic heterocycles. The minimum atomic E-state index is 0.123. The lowest BCUT2D eigenvalue weighted by Crippen LogP contribution is -2.39. The normalized spacial score (nSPS) is 12.3. The fourth-order valence-electron chi connectivity index (χ4n) is 2.32. The predicted octanol–water partition coefficient (Wildman–Crippen LogP) is 1.31. The van der Waals surface area contributed by atoms with Crippen molar-refractivity contribution in [1.82, 2.24) is 20.0 Å². The summed E-state index contributed by atoms with van der Waals surface area (Å²) in [4.78, 5) is 8.64. The van der Waals surface area contributed by atoms with Crippen LogP contribution >= 0.6 is 0 Å². The van der Waals surface area contributed by atoms with Crippen LogP contribution in [0.25, 0.3) is 0 Å². The van der Waals surface area contributed by atoms with Gasteiger partial charge in [0, 0.05) is 43.7 Å². The molecule has 3 N–H and O–H groups in total. The molecule has 0 radical (unpaired) electrons. The molecule has 1 unspecified atom stereocenters. The Morgan fingerprint density at radius 3 is 2.81 bits per heavy atom. The second-order valence-electron chi connectivity index (χ2n) is 5.02. The molecular formula is C15H23N5O. The third kappa shape index (κ3) is 4.27. The maximum atomic E-state index is 5.69. The number of methoxy groups -OCH3 is 1. The van der Waals surface area contributed by atoms with Gasteiger partial charge in [0.05, 0.1) is 7.11 Å². The number of hydrazine groups is 1. The number of aromatic nitrogens is 3. The van der Waals surface area contributed by atoms with Crippen LogP contribution in [0.4, 0.5) is 0 Å². The Balaban J connectivity index is 2.00. The van der Waals surface area contributed by atoms with Crippen LogP contribution in [0.5, 0.6) is 5.88 Å². The lowest BCUT2D eigenvalue weighted by atomic mass is 10.1. The zero-order valence-electron chi connectivity index (χ0n) is 12.6. The van der Waals surface area contributed by atoms with Gasteiger partial charge in [-0.15, -0.1) is 0 Å². The number of rotatable bonds is 8. The topological polar surface area (TPSA) is 78.0 Å². The summed E-state index contributed by atoms with van der Waals surface area (Å²) in [6, 6.07) is 3.99. The van der Waals surface area contributed by atoms with Crippen molar-refractivity contribution in [1.29, 1.82) is 0 Å². The first kappa shape index (κ1) is 15.5. The van der Waals surface area contributed by atoms with Crippen LogP contribution in [-0.4, -0.2) is 27.7 Å². The molecule has 0 saturated carbocycles. The van der Waals surface area contributed by atoms with Gasteiger partial charge in [-0.2, -0.15) is 0 Å². The number of imidazole rings is 1. The molecule has 2 heterocycles. The summed E-state index contributed by atoms with van der Waals surface area (Å²) in [5, 5.41) is 0. The molecule has 2 aromatic rings. The Hall–Kier alpha value is -1.92. The highest BCUT2D eigenvalue weighted by molar-refractivity contribution is 5.19. The summed E-state index contributed by atoms with van der Waals surface area (Å²) < 4.78 is 7.24. The van der Waals surface area contributed by atoms with E-state index in [0.717, 1.165) is 37.2 Å². The molecular weight excluding hydrogens is 266 g/mol. The summed E-state index contributed by atoms with van der Waals surface area (Å²) in [6.45, 7) is 3.14. The van der Waals surface area contributed by atoms with Crippen LogP contribution in [0.1, 0.15) is 24.7 Å². The second-order valence-corrected chi connectivity index (χ2v) is 5.02. The van der Waals surface area contributed by atoms with Crippen molar-refractivity contribution in [2.45, 2.75) is 38.8 Å². The van der Waals surface area contributed by atoms with Gasteiger partial charge in [0.15, 0.2) is 0 Å². The molecule has 6 nitrogen and oxygen atoms in total. The molecule has 21 heavy (non-hydrogen) atoms. The number of hydrogen-bond acceptors (Lipinski definition) is 5. The van der Waals surface area contributed by atoms with Crippen molar-refractivity contribution in [2.24, 2.45) is 5.84 Å². The third-order valence-electron chi connectivity index (χ3n) is 3.42. The van der Waals surface area contributed by atoms with Crippen LogP contribution in [0.2, 0.25) is 0 Å². The number of pyridine rings is 1. The van der Waals surface area contributed by atoms with E-state index in [1.807, 2.05) is 30.7 Å². The molecule has 1 atom stereocenters. The molecule has 0 fully saturated rings. The number of nitrogens with one attached hydrogen (secondary N) is 1. The van der Waals surface area contributed by atoms with Crippen molar-refractivity contribution < 1.29 is 4.74 Å². The van der Waals surface area contributed by atoms with Crippen LogP contribution < -0.4 is 16.0 Å². The van der Waals surface area contributed by atoms with Crippen molar-refractivity contribution in [3.8, 4) is 5.88 Å². The van der Waals surface area contributed by atoms with Gasteiger partial charge in [-0.3, -0.25) is 11.3 Å². The van der Waals surface area contributed by atoms with Crippen molar-refractivity contribution in [3.63, 3.8) is 0 Å². The fourth-order valence-corrected chi connectivity index (χ4v) is 2.32. The molecule has 0 aromatic carbocycles. The second kappa shape index (κ2) is 7.75. The van der Waals surface area contributed by atoms with Gasteiger partial charge in [0.1, 0.15) is 5.82 Å². The van der Waals surface area contributed by atoms with Crippen LogP contribution in [0, 0.1) is 0 Å². The monoisotopic (exact) mass is 289 g/mol. The van der Waals surface area contributed by atoms with E-state index >= 15 is 0 Å². The molecule has 2 rings (SSSR count). The molecule has 114 valence electrons. The molecule has 0 aliphatic rings. The van der Waals surface area contributed by atoms with E-state index in [1.165, 1.54) is 0 Å². The van der Waals surface area contributed by atoms with E-state index in [2.05, 4.69) is 26.9 Å². The van der Waals surface area contributed by atoms with Gasteiger partial charge < -0.3 is 9.30 Å². The van der Waals surface area contributed by atoms with E-state index < -0.39 is 0 Å². The van der Waals surface area contributed by atoms with Gasteiger partial charge in [0.25, 0.3) is 0 Å². The average Bonchev–Trinajstić information content (AvgIpc) is 2.95. The fraction of sp³-hybridized carbons (Fsp3) is 0.467. The largest absolute Gasteiger partial charge is 0.481 e. The SMILES string of the molecule is CCCn1ccnc1CC(Cc1ccc(OC)nc1)NN. The summed E-state index contributed by atoms with van der Waals surface area (Å²) in [6.07, 6.45) is 8.35. The summed E-state index contributed by atoms with van der Waals surface area (Å²) in [5.74, 6) is 7.36. The third-order valence-corrected chi connectivity index (χ3v) is 3.42. The number of ether oxygens (including phenoxy) is 1. The van der Waals surface area contributed by atoms with Crippen LogP contribution in [0.15, 0.2) is 30.7 Å². The molecule has 0 spiro atoms. The molecule has 0 saturated heterocycles. The molecule has 6 heteroatoms. The van der Waals surface area contributed by atoms with Gasteiger partial charge in [-0.1, -0.05) is 13.0 Å². The highest BCUT2D eigenvalue weighted by Crippen LogP contribution is 2.11. The average molecular weight is 289 g/mol. The Kier molecular flexibility index (Phi) is 5.71. The molecule has 0 bridgehead atoms. The Morgan fingerprint density at radius 1 is 1.33 bits per heavy atom. The van der Waals surface area contributed by atoms with Crippen molar-refractivity contribution >= 4 is 0 Å². The highest BCUT2D eigenvalue weighted by atomic mass is 16.5. The van der Waals surface area contributed by atoms with E-state index in [4.69, 9.17) is 10.6 Å². The number of aryl methyl sites for hydroxylation is 1. The molecule has 0 amide bonds. The first-order valence-corrected chi connectivity index (χ1v) is 7.21. The summed E-state index contributed by atoms with van der Waals surface area (Å²) in [7, 11) is 1.61. The molecule has 2 aromatic heterocycles. The van der Waals surface area contributed by atoms with E-state index in [9.17, 15) is 0 Å². The van der Waals surface area contributed by atoms with Gasteiger partial charge >= 0.3 is 0 Å². The lowest BCUT2D eigenvalue weighted by molar-refractivity contribution is 0.397. The minimum absolute atomic E-state index is 0.123. The zero-order chi connectivity index (χ0) is 15.1. The molecule has 0 aliphatic carbocycles. The summed E-state index contributed by atoms with van der Waals surface area (Å²) >= 11 is 0. The predicted molar refractivity (Wildman–Crippen MR) is 81.8 cm³/mol. The van der Waals surface area contributed by atoms with Crippen LogP contribution in [0.3, 0.4) is 0 Å². The maximum absolute atomic E-state index is 5.69. The Morgan fingerprint density at radius 2 is 2.19 bits per heavy atom. The van der Waals surface area contributed by atoms with Crippen LogP contribution in [-0.2, 0) is 19.4 Å².